The van der Waals surface area contributed by atoms with E-state index in [1.54, 1.807) is 0 Å². The average Bonchev–Trinajstić information content (AvgIpc) is 2.82. The average molecular weight is 381 g/mol. The summed E-state index contributed by atoms with van der Waals surface area (Å²) in [5.74, 6) is -1.86. The van der Waals surface area contributed by atoms with Crippen molar-refractivity contribution in [3.05, 3.63) is 39.9 Å². The van der Waals surface area contributed by atoms with E-state index in [9.17, 15) is 22.4 Å². The molecular formula is C13H9BrF4N2O2. The van der Waals surface area contributed by atoms with Gasteiger partial charge in [0.25, 0.3) is 0 Å². The summed E-state index contributed by atoms with van der Waals surface area (Å²) in [6, 6.07) is 2.07. The van der Waals surface area contributed by atoms with E-state index >= 15 is 0 Å². The van der Waals surface area contributed by atoms with Crippen LogP contribution in [-0.2, 0) is 18.0 Å². The Morgan fingerprint density at radius 1 is 1.36 bits per heavy atom. The van der Waals surface area contributed by atoms with Crippen molar-refractivity contribution in [1.82, 2.24) is 9.55 Å². The van der Waals surface area contributed by atoms with Crippen molar-refractivity contribution in [2.75, 3.05) is 7.11 Å². The quantitative estimate of drug-likeness (QED) is 0.587. The largest absolute Gasteiger partial charge is 0.465 e. The third-order valence-electron chi connectivity index (χ3n) is 2.87. The van der Waals surface area contributed by atoms with Gasteiger partial charge in [0.2, 0.25) is 0 Å². The minimum Gasteiger partial charge on any atom is -0.465 e. The second-order valence-corrected chi connectivity index (χ2v) is 5.22. The number of aryl methyl sites for hydroxylation is 1. The summed E-state index contributed by atoms with van der Waals surface area (Å²) in [4.78, 5) is 14.9. The fourth-order valence-electron chi connectivity index (χ4n) is 1.84. The summed E-state index contributed by atoms with van der Waals surface area (Å²) in [6.07, 6.45) is -3.87. The van der Waals surface area contributed by atoms with E-state index < -0.39 is 23.7 Å². The van der Waals surface area contributed by atoms with Crippen LogP contribution in [0, 0.1) is 5.82 Å². The number of hydrogen-bond acceptors (Lipinski definition) is 3. The van der Waals surface area contributed by atoms with Crippen molar-refractivity contribution in [2.45, 2.75) is 6.18 Å². The summed E-state index contributed by atoms with van der Waals surface area (Å²) >= 11 is 3.06. The van der Waals surface area contributed by atoms with Gasteiger partial charge in [0.1, 0.15) is 11.6 Å². The van der Waals surface area contributed by atoms with Gasteiger partial charge >= 0.3 is 12.1 Å². The number of ether oxygens (including phenoxy) is 1. The number of methoxy groups -OCH3 is 1. The Bertz CT molecular complexity index is 740. The highest BCUT2D eigenvalue weighted by molar-refractivity contribution is 9.10. The summed E-state index contributed by atoms with van der Waals surface area (Å²) in [5, 5.41) is 0. The lowest BCUT2D eigenvalue weighted by Gasteiger charge is -2.08. The molecule has 0 saturated carbocycles. The minimum absolute atomic E-state index is 0.0750. The highest BCUT2D eigenvalue weighted by atomic mass is 79.9. The molecule has 1 aromatic heterocycles. The van der Waals surface area contributed by atoms with E-state index in [-0.39, 0.29) is 21.4 Å². The molecule has 118 valence electrons. The highest BCUT2D eigenvalue weighted by Gasteiger charge is 2.35. The van der Waals surface area contributed by atoms with Crippen molar-refractivity contribution < 1.29 is 27.1 Å². The topological polar surface area (TPSA) is 44.1 Å². The number of hydrogen-bond donors (Lipinski definition) is 0. The molecule has 0 spiro atoms. The number of carbonyl (C=O) groups excluding carboxylic acids is 1. The number of alkyl halides is 3. The molecule has 0 saturated heterocycles. The molecule has 0 fully saturated rings. The van der Waals surface area contributed by atoms with Crippen molar-refractivity contribution in [3.8, 4) is 11.4 Å². The van der Waals surface area contributed by atoms with E-state index in [1.165, 1.54) is 13.1 Å². The summed E-state index contributed by atoms with van der Waals surface area (Å²) in [5.41, 5.74) is -1.37. The number of nitrogens with zero attached hydrogens (tertiary/aromatic N) is 2. The molecule has 0 radical (unpaired) electrons. The van der Waals surface area contributed by atoms with Crippen LogP contribution in [0.4, 0.5) is 17.6 Å². The molecule has 1 aromatic carbocycles. The van der Waals surface area contributed by atoms with E-state index in [1.807, 2.05) is 0 Å². The molecule has 1 heterocycles. The lowest BCUT2D eigenvalue weighted by atomic mass is 10.1. The molecule has 0 bridgehead atoms. The first-order chi connectivity index (χ1) is 10.1. The Labute approximate surface area is 130 Å². The number of halogens is 5. The third-order valence-corrected chi connectivity index (χ3v) is 3.53. The van der Waals surface area contributed by atoms with Crippen molar-refractivity contribution in [3.63, 3.8) is 0 Å². The van der Waals surface area contributed by atoms with Gasteiger partial charge in [-0.25, -0.2) is 14.2 Å². The Hall–Kier alpha value is -1.90. The smallest absolute Gasteiger partial charge is 0.434 e. The lowest BCUT2D eigenvalue weighted by molar-refractivity contribution is -0.140. The van der Waals surface area contributed by atoms with E-state index in [0.717, 1.165) is 23.9 Å². The molecule has 0 amide bonds. The number of aromatic nitrogens is 2. The second kappa shape index (κ2) is 5.71. The molecule has 0 N–H and O–H groups in total. The zero-order valence-corrected chi connectivity index (χ0v) is 12.9. The zero-order valence-electron chi connectivity index (χ0n) is 11.3. The van der Waals surface area contributed by atoms with Gasteiger partial charge in [-0.2, -0.15) is 13.2 Å². The van der Waals surface area contributed by atoms with Gasteiger partial charge < -0.3 is 9.30 Å². The highest BCUT2D eigenvalue weighted by Crippen LogP contribution is 2.33. The molecular weight excluding hydrogens is 372 g/mol. The van der Waals surface area contributed by atoms with Gasteiger partial charge in [-0.15, -0.1) is 0 Å². The maximum atomic E-state index is 14.1. The van der Waals surface area contributed by atoms with Gasteiger partial charge in [0.15, 0.2) is 5.69 Å². The van der Waals surface area contributed by atoms with Gasteiger partial charge in [0.05, 0.1) is 18.2 Å². The summed E-state index contributed by atoms with van der Waals surface area (Å²) in [6.45, 7) is 0. The van der Waals surface area contributed by atoms with Crippen LogP contribution in [0.25, 0.3) is 11.4 Å². The Morgan fingerprint density at radius 2 is 2.00 bits per heavy atom. The normalized spacial score (nSPS) is 11.6. The first kappa shape index (κ1) is 16.5. The number of carbonyl (C=O) groups is 1. The van der Waals surface area contributed by atoms with Crippen LogP contribution in [0.15, 0.2) is 22.8 Å². The molecule has 0 unspecified atom stereocenters. The van der Waals surface area contributed by atoms with Crippen molar-refractivity contribution in [2.24, 2.45) is 7.05 Å². The van der Waals surface area contributed by atoms with Crippen LogP contribution >= 0.6 is 15.9 Å². The first-order valence-electron chi connectivity index (χ1n) is 5.83. The van der Waals surface area contributed by atoms with Crippen molar-refractivity contribution >= 4 is 21.9 Å². The van der Waals surface area contributed by atoms with Crippen LogP contribution in [0.3, 0.4) is 0 Å². The van der Waals surface area contributed by atoms with Gasteiger partial charge in [-0.1, -0.05) is 0 Å². The molecule has 0 aliphatic rings. The molecule has 2 rings (SSSR count). The number of benzene rings is 1. The van der Waals surface area contributed by atoms with Crippen LogP contribution in [0.5, 0.6) is 0 Å². The number of esters is 1. The fourth-order valence-corrected chi connectivity index (χ4v) is 2.34. The third kappa shape index (κ3) is 2.99. The molecule has 0 aliphatic carbocycles. The molecule has 9 heteroatoms. The molecule has 0 atom stereocenters. The number of rotatable bonds is 2. The van der Waals surface area contributed by atoms with Crippen LogP contribution < -0.4 is 0 Å². The lowest BCUT2D eigenvalue weighted by Crippen LogP contribution is -2.05. The molecule has 4 nitrogen and oxygen atoms in total. The predicted molar refractivity (Wildman–Crippen MR) is 72.6 cm³/mol. The first-order valence-corrected chi connectivity index (χ1v) is 6.62. The molecule has 0 aliphatic heterocycles. The van der Waals surface area contributed by atoms with Crippen LogP contribution in [0.1, 0.15) is 16.1 Å². The van der Waals surface area contributed by atoms with Crippen LogP contribution in [0.2, 0.25) is 0 Å². The predicted octanol–water partition coefficient (Wildman–Crippen LogP) is 3.79. The maximum Gasteiger partial charge on any atom is 0.434 e. The molecule has 2 aromatic rings. The SMILES string of the molecule is COC(=O)c1cc(F)c(-c2nc(C(F)(F)F)cn2C)cc1Br. The summed E-state index contributed by atoms with van der Waals surface area (Å²) in [7, 11) is 2.45. The second-order valence-electron chi connectivity index (χ2n) is 4.36. The minimum atomic E-state index is -4.63. The van der Waals surface area contributed by atoms with E-state index in [4.69, 9.17) is 0 Å². The fraction of sp³-hybridized carbons (Fsp3) is 0.231. The zero-order chi connectivity index (χ0) is 16.7. The standard InChI is InChI=1S/C13H9BrF4N2O2/c1-20-5-10(13(16,17)18)19-11(20)7-3-8(14)6(4-9(7)15)12(21)22-2/h3-5H,1-2H3. The Kier molecular flexibility index (Phi) is 4.28. The Balaban J connectivity index is 2.57. The van der Waals surface area contributed by atoms with Gasteiger partial charge in [-0.05, 0) is 28.1 Å². The van der Waals surface area contributed by atoms with E-state index in [0.29, 0.717) is 0 Å². The molecule has 22 heavy (non-hydrogen) atoms. The maximum absolute atomic E-state index is 14.1. The van der Waals surface area contributed by atoms with Gasteiger partial charge in [-0.3, -0.25) is 0 Å². The summed E-state index contributed by atoms with van der Waals surface area (Å²) < 4.78 is 57.8. The number of imidazole rings is 1. The monoisotopic (exact) mass is 380 g/mol. The van der Waals surface area contributed by atoms with E-state index in [2.05, 4.69) is 25.7 Å². The van der Waals surface area contributed by atoms with Crippen molar-refractivity contribution in [1.29, 1.82) is 0 Å². The van der Waals surface area contributed by atoms with Gasteiger partial charge in [0, 0.05) is 17.7 Å². The Morgan fingerprint density at radius 3 is 2.50 bits per heavy atom. The van der Waals surface area contributed by atoms with Crippen LogP contribution in [-0.4, -0.2) is 22.6 Å².